The molecule has 0 aliphatic carbocycles. The number of fused-ring (bicyclic) bond motifs is 1. The third kappa shape index (κ3) is 3.99. The summed E-state index contributed by atoms with van der Waals surface area (Å²) in [4.78, 5) is 18.3. The van der Waals surface area contributed by atoms with Crippen molar-refractivity contribution in [2.75, 3.05) is 28.3 Å². The number of carbonyl (C=O) groups is 1. The van der Waals surface area contributed by atoms with Crippen molar-refractivity contribution in [3.63, 3.8) is 0 Å². The van der Waals surface area contributed by atoms with E-state index in [1.165, 1.54) is 7.11 Å². The Morgan fingerprint density at radius 3 is 2.25 bits per heavy atom. The molecule has 1 heterocycles. The number of esters is 1. The number of benzene rings is 2. The maximum Gasteiger partial charge on any atom is 0.360 e. The largest absolute Gasteiger partial charge is 0.505 e. The average molecular weight is 382 g/mol. The van der Waals surface area contributed by atoms with Gasteiger partial charge < -0.3 is 24.2 Å². The first-order chi connectivity index (χ1) is 13.4. The molecule has 0 saturated carbocycles. The maximum absolute atomic E-state index is 12.0. The maximum atomic E-state index is 12.0. The van der Waals surface area contributed by atoms with E-state index in [1.807, 2.05) is 31.1 Å². The van der Waals surface area contributed by atoms with Gasteiger partial charge in [-0.2, -0.15) is 0 Å². The summed E-state index contributed by atoms with van der Waals surface area (Å²) in [5.41, 5.74) is 0.536. The summed E-state index contributed by atoms with van der Waals surface area (Å²) in [7, 11) is 6.66. The molecule has 0 saturated heterocycles. The van der Waals surface area contributed by atoms with Gasteiger partial charge in [-0.25, -0.2) is 9.78 Å². The number of carbonyl (C=O) groups excluding carboxylic acids is 1. The Balaban J connectivity index is 2.06. The van der Waals surface area contributed by atoms with E-state index in [0.717, 1.165) is 5.75 Å². The lowest BCUT2D eigenvalue weighted by Crippen LogP contribution is -2.15. The van der Waals surface area contributed by atoms with Gasteiger partial charge >= 0.3 is 5.97 Å². The van der Waals surface area contributed by atoms with Gasteiger partial charge in [0.25, 0.3) is 0 Å². The normalized spacial score (nSPS) is 10.9. The molecular weight excluding hydrogens is 360 g/mol. The van der Waals surface area contributed by atoms with Crippen LogP contribution in [-0.4, -0.2) is 49.3 Å². The van der Waals surface area contributed by atoms with Crippen molar-refractivity contribution in [3.05, 3.63) is 53.9 Å². The van der Waals surface area contributed by atoms with Gasteiger partial charge in [-0.3, -0.25) is 0 Å². The lowest BCUT2D eigenvalue weighted by Gasteiger charge is -2.15. The van der Waals surface area contributed by atoms with E-state index < -0.39 is 5.97 Å². The highest BCUT2D eigenvalue weighted by atomic mass is 16.5. The van der Waals surface area contributed by atoms with Crippen LogP contribution in [0, 0.1) is 0 Å². The quantitative estimate of drug-likeness (QED) is 0.653. The first-order valence-corrected chi connectivity index (χ1v) is 8.63. The highest BCUT2D eigenvalue weighted by Crippen LogP contribution is 2.34. The molecule has 0 aliphatic heterocycles. The molecule has 3 rings (SSSR count). The van der Waals surface area contributed by atoms with Gasteiger partial charge in [-0.1, -0.05) is 0 Å². The highest BCUT2D eigenvalue weighted by molar-refractivity contribution is 6.00. The summed E-state index contributed by atoms with van der Waals surface area (Å²) in [5.74, 6) is 1.09. The monoisotopic (exact) mass is 382 g/mol. The molecule has 0 unspecified atom stereocenters. The zero-order chi connectivity index (χ0) is 20.3. The summed E-state index contributed by atoms with van der Waals surface area (Å²) in [6.07, 6.45) is 0. The minimum Gasteiger partial charge on any atom is -0.505 e. The van der Waals surface area contributed by atoms with Gasteiger partial charge in [0.05, 0.1) is 19.9 Å². The van der Waals surface area contributed by atoms with Gasteiger partial charge in [0, 0.05) is 17.3 Å². The second-order valence-corrected chi connectivity index (χ2v) is 6.47. The Morgan fingerprint density at radius 1 is 1.00 bits per heavy atom. The van der Waals surface area contributed by atoms with Crippen molar-refractivity contribution >= 4 is 16.7 Å². The first-order valence-electron chi connectivity index (χ1n) is 8.63. The molecule has 0 spiro atoms. The SMILES string of the molecule is COC(=O)c1nc(CN(C)C)c2cc(Oc3ccc(OC)cc3)ccc2c1O. The Morgan fingerprint density at radius 2 is 1.64 bits per heavy atom. The molecular formula is C21H22N2O5. The van der Waals surface area contributed by atoms with Crippen LogP contribution in [0.5, 0.6) is 23.0 Å². The lowest BCUT2D eigenvalue weighted by molar-refractivity contribution is 0.0590. The van der Waals surface area contributed by atoms with Gasteiger partial charge in [0.1, 0.15) is 17.2 Å². The number of hydrogen-bond donors (Lipinski definition) is 1. The standard InChI is InChI=1S/C21H22N2O5/c1-23(2)12-18-17-11-15(28-14-7-5-13(26-3)6-8-14)9-10-16(17)20(24)19(22-18)21(25)27-4/h5-11,24H,12H2,1-4H3. The number of hydrogen-bond acceptors (Lipinski definition) is 7. The zero-order valence-corrected chi connectivity index (χ0v) is 16.2. The number of nitrogens with zero attached hydrogens (tertiary/aromatic N) is 2. The molecule has 0 aliphatic rings. The van der Waals surface area contributed by atoms with E-state index in [2.05, 4.69) is 4.98 Å². The predicted octanol–water partition coefficient (Wildman–Crippen LogP) is 3.59. The molecule has 0 fully saturated rings. The topological polar surface area (TPSA) is 81.1 Å². The molecule has 0 bridgehead atoms. The van der Waals surface area contributed by atoms with E-state index >= 15 is 0 Å². The van der Waals surface area contributed by atoms with Crippen LogP contribution < -0.4 is 9.47 Å². The summed E-state index contributed by atoms with van der Waals surface area (Å²) in [5, 5.41) is 11.7. The number of ether oxygens (including phenoxy) is 3. The third-order valence-electron chi connectivity index (χ3n) is 4.17. The first kappa shape index (κ1) is 19.4. The Bertz CT molecular complexity index is 1000. The Kier molecular flexibility index (Phi) is 5.65. The van der Waals surface area contributed by atoms with E-state index in [0.29, 0.717) is 34.5 Å². The summed E-state index contributed by atoms with van der Waals surface area (Å²) in [6, 6.07) is 12.5. The smallest absolute Gasteiger partial charge is 0.360 e. The minimum absolute atomic E-state index is 0.101. The van der Waals surface area contributed by atoms with Crippen LogP contribution in [0.4, 0.5) is 0 Å². The van der Waals surface area contributed by atoms with Crippen LogP contribution in [0.2, 0.25) is 0 Å². The molecule has 0 amide bonds. The number of pyridine rings is 1. The number of rotatable bonds is 6. The Hall–Kier alpha value is -3.32. The summed E-state index contributed by atoms with van der Waals surface area (Å²) < 4.78 is 15.8. The number of aromatic hydroxyl groups is 1. The van der Waals surface area contributed by atoms with E-state index in [-0.39, 0.29) is 11.4 Å². The fourth-order valence-electron chi connectivity index (χ4n) is 2.85. The zero-order valence-electron chi connectivity index (χ0n) is 16.2. The van der Waals surface area contributed by atoms with Crippen molar-refractivity contribution in [1.29, 1.82) is 0 Å². The van der Waals surface area contributed by atoms with E-state index in [9.17, 15) is 9.90 Å². The molecule has 7 heteroatoms. The van der Waals surface area contributed by atoms with Crippen LogP contribution >= 0.6 is 0 Å². The predicted molar refractivity (Wildman–Crippen MR) is 105 cm³/mol. The fourth-order valence-corrected chi connectivity index (χ4v) is 2.85. The average Bonchev–Trinajstić information content (AvgIpc) is 2.69. The van der Waals surface area contributed by atoms with Crippen molar-refractivity contribution in [2.45, 2.75) is 6.54 Å². The van der Waals surface area contributed by atoms with Crippen molar-refractivity contribution < 1.29 is 24.1 Å². The number of methoxy groups -OCH3 is 2. The molecule has 0 radical (unpaired) electrons. The molecule has 0 atom stereocenters. The van der Waals surface area contributed by atoms with Crippen LogP contribution in [0.15, 0.2) is 42.5 Å². The van der Waals surface area contributed by atoms with Gasteiger partial charge in [0.2, 0.25) is 0 Å². The molecule has 2 aromatic carbocycles. The molecule has 7 nitrogen and oxygen atoms in total. The third-order valence-corrected chi connectivity index (χ3v) is 4.17. The molecule has 1 aromatic heterocycles. The van der Waals surface area contributed by atoms with Crippen LogP contribution in [0.25, 0.3) is 10.8 Å². The minimum atomic E-state index is -0.682. The van der Waals surface area contributed by atoms with Crippen molar-refractivity contribution in [2.24, 2.45) is 0 Å². The van der Waals surface area contributed by atoms with Gasteiger partial charge in [-0.05, 0) is 56.6 Å². The molecule has 1 N–H and O–H groups in total. The fraction of sp³-hybridized carbons (Fsp3) is 0.238. The van der Waals surface area contributed by atoms with Crippen LogP contribution in [0.3, 0.4) is 0 Å². The van der Waals surface area contributed by atoms with Gasteiger partial charge in [0.15, 0.2) is 11.4 Å². The second-order valence-electron chi connectivity index (χ2n) is 6.47. The van der Waals surface area contributed by atoms with Crippen molar-refractivity contribution in [3.8, 4) is 23.0 Å². The molecule has 28 heavy (non-hydrogen) atoms. The Labute approximate surface area is 163 Å². The highest BCUT2D eigenvalue weighted by Gasteiger charge is 2.20. The van der Waals surface area contributed by atoms with E-state index in [4.69, 9.17) is 14.2 Å². The van der Waals surface area contributed by atoms with Crippen molar-refractivity contribution in [1.82, 2.24) is 9.88 Å². The lowest BCUT2D eigenvalue weighted by atomic mass is 10.1. The summed E-state index contributed by atoms with van der Waals surface area (Å²) in [6.45, 7) is 0.479. The molecule has 3 aromatic rings. The van der Waals surface area contributed by atoms with E-state index in [1.54, 1.807) is 37.4 Å². The van der Waals surface area contributed by atoms with Crippen LogP contribution in [0.1, 0.15) is 16.2 Å². The van der Waals surface area contributed by atoms with Crippen LogP contribution in [-0.2, 0) is 11.3 Å². The second kappa shape index (κ2) is 8.14. The summed E-state index contributed by atoms with van der Waals surface area (Å²) >= 11 is 0. The molecule has 146 valence electrons. The van der Waals surface area contributed by atoms with Gasteiger partial charge in [-0.15, -0.1) is 0 Å². The number of aromatic nitrogens is 1.